The van der Waals surface area contributed by atoms with E-state index >= 15 is 0 Å². The lowest BCUT2D eigenvalue weighted by Crippen LogP contribution is -2.28. The van der Waals surface area contributed by atoms with Crippen LogP contribution in [0.1, 0.15) is 35.8 Å². The maximum absolute atomic E-state index is 14.6. The third-order valence-corrected chi connectivity index (χ3v) is 5.04. The summed E-state index contributed by atoms with van der Waals surface area (Å²) in [7, 11) is 0. The Morgan fingerprint density at radius 1 is 0.939 bits per heavy atom. The number of alkyl halides is 3. The molecule has 0 atom stereocenters. The van der Waals surface area contributed by atoms with Gasteiger partial charge in [-0.05, 0) is 43.5 Å². The second-order valence-electron chi connectivity index (χ2n) is 7.51. The highest BCUT2D eigenvalue weighted by Crippen LogP contribution is 2.38. The minimum absolute atomic E-state index is 0.0730. The van der Waals surface area contributed by atoms with Gasteiger partial charge >= 0.3 is 6.11 Å². The molecule has 0 spiro atoms. The smallest absolute Gasteiger partial charge is 0.426 e. The molecule has 180 valence electrons. The van der Waals surface area contributed by atoms with Crippen molar-refractivity contribution < 1.29 is 44.9 Å². The predicted molar refractivity (Wildman–Crippen MR) is 104 cm³/mol. The molecule has 3 rings (SSSR count). The van der Waals surface area contributed by atoms with Gasteiger partial charge in [0.15, 0.2) is 29.5 Å². The SMILES string of the molecule is Cc1ccc(C(F)(F)Oc2ccc(C3OCC(C/C=C/CCF)CO3)c(F)c2F)c(F)c1F. The highest BCUT2D eigenvalue weighted by molar-refractivity contribution is 5.34. The largest absolute Gasteiger partial charge is 0.429 e. The third kappa shape index (κ3) is 5.67. The third-order valence-electron chi connectivity index (χ3n) is 5.04. The van der Waals surface area contributed by atoms with Gasteiger partial charge < -0.3 is 14.2 Å². The number of ether oxygens (including phenoxy) is 3. The molecule has 0 saturated carbocycles. The summed E-state index contributed by atoms with van der Waals surface area (Å²) in [4.78, 5) is 0. The molecule has 1 fully saturated rings. The molecule has 10 heteroatoms. The summed E-state index contributed by atoms with van der Waals surface area (Å²) >= 11 is 0. The van der Waals surface area contributed by atoms with E-state index in [1.165, 1.54) is 6.92 Å². The average molecular weight is 478 g/mol. The first-order chi connectivity index (χ1) is 15.7. The minimum Gasteiger partial charge on any atom is -0.426 e. The molecule has 0 N–H and O–H groups in total. The van der Waals surface area contributed by atoms with Crippen molar-refractivity contribution in [3.8, 4) is 5.75 Å². The Bertz CT molecular complexity index is 1000. The zero-order chi connectivity index (χ0) is 24.2. The average Bonchev–Trinajstić information content (AvgIpc) is 2.79. The predicted octanol–water partition coefficient (Wildman–Crippen LogP) is 6.65. The fourth-order valence-corrected chi connectivity index (χ4v) is 3.20. The van der Waals surface area contributed by atoms with Crippen molar-refractivity contribution in [2.45, 2.75) is 32.2 Å². The van der Waals surface area contributed by atoms with Crippen molar-refractivity contribution >= 4 is 0 Å². The van der Waals surface area contributed by atoms with Crippen LogP contribution in [0.5, 0.6) is 5.75 Å². The second-order valence-corrected chi connectivity index (χ2v) is 7.51. The summed E-state index contributed by atoms with van der Waals surface area (Å²) in [6, 6.07) is 3.18. The van der Waals surface area contributed by atoms with Crippen LogP contribution in [0, 0.1) is 36.1 Å². The first kappa shape index (κ1) is 25.0. The van der Waals surface area contributed by atoms with E-state index in [9.17, 15) is 30.7 Å². The number of benzene rings is 2. The summed E-state index contributed by atoms with van der Waals surface area (Å²) in [6.45, 7) is 1.01. The summed E-state index contributed by atoms with van der Waals surface area (Å²) < 4.78 is 112. The Morgan fingerprint density at radius 3 is 2.30 bits per heavy atom. The highest BCUT2D eigenvalue weighted by Gasteiger charge is 2.40. The molecule has 3 nitrogen and oxygen atoms in total. The van der Waals surface area contributed by atoms with E-state index in [1.807, 2.05) is 0 Å². The zero-order valence-electron chi connectivity index (χ0n) is 17.5. The minimum atomic E-state index is -4.48. The van der Waals surface area contributed by atoms with E-state index in [2.05, 4.69) is 4.74 Å². The van der Waals surface area contributed by atoms with Gasteiger partial charge in [-0.15, -0.1) is 0 Å². The van der Waals surface area contributed by atoms with E-state index in [0.29, 0.717) is 18.9 Å². The molecule has 0 amide bonds. The van der Waals surface area contributed by atoms with Crippen molar-refractivity contribution in [2.24, 2.45) is 5.92 Å². The van der Waals surface area contributed by atoms with Crippen LogP contribution in [-0.4, -0.2) is 19.9 Å². The Labute approximate surface area is 185 Å². The lowest BCUT2D eigenvalue weighted by molar-refractivity contribution is -0.206. The standard InChI is InChI=1S/C23H21F7O3/c1-13-6-8-16(20(27)18(13)25)23(29,30)33-17-9-7-15(19(26)21(17)28)22-31-11-14(12-32-22)5-3-2-4-10-24/h2-3,6-9,14,22H,4-5,10-12H2,1H3/b3-2+. The summed E-state index contributed by atoms with van der Waals surface area (Å²) in [5.74, 6) is -7.92. The molecular formula is C23H21F7O3. The van der Waals surface area contributed by atoms with Gasteiger partial charge in [0.25, 0.3) is 0 Å². The van der Waals surface area contributed by atoms with Crippen molar-refractivity contribution in [3.05, 3.63) is 76.4 Å². The van der Waals surface area contributed by atoms with Crippen LogP contribution in [0.2, 0.25) is 0 Å². The Kier molecular flexibility index (Phi) is 8.01. The molecule has 33 heavy (non-hydrogen) atoms. The van der Waals surface area contributed by atoms with Gasteiger partial charge in [-0.1, -0.05) is 18.2 Å². The maximum Gasteiger partial charge on any atom is 0.429 e. The fraction of sp³-hybridized carbons (Fsp3) is 0.391. The molecule has 0 bridgehead atoms. The van der Waals surface area contributed by atoms with Crippen LogP contribution < -0.4 is 4.74 Å². The van der Waals surface area contributed by atoms with Crippen molar-refractivity contribution in [1.82, 2.24) is 0 Å². The molecule has 0 aliphatic carbocycles. The molecule has 1 heterocycles. The molecule has 1 saturated heterocycles. The van der Waals surface area contributed by atoms with Crippen LogP contribution >= 0.6 is 0 Å². The van der Waals surface area contributed by atoms with E-state index in [-0.39, 0.29) is 30.3 Å². The number of rotatable bonds is 8. The van der Waals surface area contributed by atoms with Gasteiger partial charge in [0.1, 0.15) is 5.56 Å². The van der Waals surface area contributed by atoms with Crippen LogP contribution in [0.25, 0.3) is 0 Å². The maximum atomic E-state index is 14.6. The Balaban J connectivity index is 1.71. The van der Waals surface area contributed by atoms with Gasteiger partial charge in [0, 0.05) is 11.5 Å². The molecule has 1 aliphatic heterocycles. The van der Waals surface area contributed by atoms with Gasteiger partial charge in [-0.3, -0.25) is 4.39 Å². The fourth-order valence-electron chi connectivity index (χ4n) is 3.20. The molecule has 2 aromatic carbocycles. The molecule has 0 radical (unpaired) electrons. The lowest BCUT2D eigenvalue weighted by atomic mass is 10.1. The summed E-state index contributed by atoms with van der Waals surface area (Å²) in [6.07, 6.45) is -1.47. The first-order valence-electron chi connectivity index (χ1n) is 10.1. The van der Waals surface area contributed by atoms with E-state index in [4.69, 9.17) is 9.47 Å². The molecule has 0 aromatic heterocycles. The van der Waals surface area contributed by atoms with Crippen molar-refractivity contribution in [1.29, 1.82) is 0 Å². The molecular weight excluding hydrogens is 457 g/mol. The van der Waals surface area contributed by atoms with Gasteiger partial charge in [0.2, 0.25) is 5.82 Å². The number of hydrogen-bond acceptors (Lipinski definition) is 3. The van der Waals surface area contributed by atoms with Crippen LogP contribution in [0.3, 0.4) is 0 Å². The van der Waals surface area contributed by atoms with Gasteiger partial charge in [-0.25, -0.2) is 13.2 Å². The normalized spacial score (nSPS) is 19.3. The number of halogens is 7. The molecule has 0 unspecified atom stereocenters. The van der Waals surface area contributed by atoms with Crippen molar-refractivity contribution in [3.63, 3.8) is 0 Å². The van der Waals surface area contributed by atoms with Gasteiger partial charge in [0.05, 0.1) is 19.9 Å². The zero-order valence-corrected chi connectivity index (χ0v) is 17.5. The van der Waals surface area contributed by atoms with Crippen LogP contribution in [-0.2, 0) is 15.6 Å². The quantitative estimate of drug-likeness (QED) is 0.314. The topological polar surface area (TPSA) is 27.7 Å². The van der Waals surface area contributed by atoms with Crippen LogP contribution in [0.4, 0.5) is 30.7 Å². The van der Waals surface area contributed by atoms with Gasteiger partial charge in [-0.2, -0.15) is 13.2 Å². The lowest BCUT2D eigenvalue weighted by Gasteiger charge is -2.29. The van der Waals surface area contributed by atoms with E-state index in [1.54, 1.807) is 12.2 Å². The monoisotopic (exact) mass is 478 g/mol. The highest BCUT2D eigenvalue weighted by atomic mass is 19.3. The summed E-state index contributed by atoms with van der Waals surface area (Å²) in [5, 5.41) is 0. The number of allylic oxidation sites excluding steroid dienone is 2. The van der Waals surface area contributed by atoms with Crippen molar-refractivity contribution in [2.75, 3.05) is 19.9 Å². The molecule has 1 aliphatic rings. The van der Waals surface area contributed by atoms with E-state index < -0.39 is 53.7 Å². The number of hydrogen-bond donors (Lipinski definition) is 0. The van der Waals surface area contributed by atoms with E-state index in [0.717, 1.165) is 18.2 Å². The Morgan fingerprint density at radius 2 is 1.64 bits per heavy atom. The molecule has 2 aromatic rings. The first-order valence-corrected chi connectivity index (χ1v) is 10.1. The second kappa shape index (κ2) is 10.6. The van der Waals surface area contributed by atoms with Crippen LogP contribution in [0.15, 0.2) is 36.4 Å². The number of aryl methyl sites for hydroxylation is 1. The Hall–Kier alpha value is -2.59. The summed E-state index contributed by atoms with van der Waals surface area (Å²) in [5.41, 5.74) is -2.04.